The standard InChI is InChI=1S/C39H47ClF2N4O/c1-5-23-46(27-28(4)21-22-43)37-33-19-17-30(25-32-15-10-13-31-14-11-16-34(40)36(31)32)18-20-35(33)44-38(45-37)47-24-9-8-12-29(6-2)26-39(41,42)7-3/h8,10-16,25,27,29H,5-7,9,17-21,23-24,26H2,1-4H3/b12-8+,28-27+,30-25+. The molecule has 8 heteroatoms. The van der Waals surface area contributed by atoms with Crippen LogP contribution in [0.25, 0.3) is 16.8 Å². The second kappa shape index (κ2) is 17.4. The van der Waals surface area contributed by atoms with Crippen LogP contribution in [0.15, 0.2) is 65.9 Å². The molecule has 5 nitrogen and oxygen atoms in total. The predicted octanol–water partition coefficient (Wildman–Crippen LogP) is 11.1. The van der Waals surface area contributed by atoms with Crippen molar-refractivity contribution in [2.45, 2.75) is 97.8 Å². The number of nitrogens with zero attached hydrogens (tertiary/aromatic N) is 4. The van der Waals surface area contributed by atoms with Gasteiger partial charge in [-0.2, -0.15) is 15.2 Å². The third-order valence-electron chi connectivity index (χ3n) is 8.67. The number of hydrogen-bond acceptors (Lipinski definition) is 5. The number of fused-ring (bicyclic) bond motifs is 2. The van der Waals surface area contributed by atoms with E-state index in [0.29, 0.717) is 31.9 Å². The summed E-state index contributed by atoms with van der Waals surface area (Å²) in [5, 5.41) is 12.2. The van der Waals surface area contributed by atoms with Crippen molar-refractivity contribution in [3.63, 3.8) is 0 Å². The Kier molecular flexibility index (Phi) is 13.4. The molecule has 0 radical (unpaired) electrons. The van der Waals surface area contributed by atoms with Gasteiger partial charge in [0.2, 0.25) is 5.92 Å². The fraction of sp³-hybridized carbons (Fsp3) is 0.462. The molecule has 2 aromatic carbocycles. The maximum atomic E-state index is 13.9. The van der Waals surface area contributed by atoms with Crippen LogP contribution < -0.4 is 9.64 Å². The Morgan fingerprint density at radius 2 is 1.87 bits per heavy atom. The van der Waals surface area contributed by atoms with E-state index in [1.165, 1.54) is 12.5 Å². The number of rotatable bonds is 15. The molecule has 0 bridgehead atoms. The molecule has 1 unspecified atom stereocenters. The first-order valence-electron chi connectivity index (χ1n) is 16.9. The van der Waals surface area contributed by atoms with Crippen molar-refractivity contribution in [2.24, 2.45) is 5.92 Å². The van der Waals surface area contributed by atoms with Gasteiger partial charge < -0.3 is 9.64 Å². The van der Waals surface area contributed by atoms with E-state index in [4.69, 9.17) is 26.3 Å². The van der Waals surface area contributed by atoms with Gasteiger partial charge in [-0.3, -0.25) is 0 Å². The molecule has 1 heterocycles. The molecule has 4 rings (SSSR count). The number of allylic oxidation sites excluding steroid dienone is 3. The van der Waals surface area contributed by atoms with E-state index in [0.717, 1.165) is 82.7 Å². The molecule has 1 aromatic heterocycles. The number of halogens is 3. The maximum Gasteiger partial charge on any atom is 0.318 e. The first kappa shape index (κ1) is 36.1. The highest BCUT2D eigenvalue weighted by Gasteiger charge is 2.28. The van der Waals surface area contributed by atoms with Crippen LogP contribution in [0.1, 0.15) is 95.9 Å². The van der Waals surface area contributed by atoms with Gasteiger partial charge in [-0.25, -0.2) is 8.78 Å². The number of hydrogen-bond donors (Lipinski definition) is 0. The van der Waals surface area contributed by atoms with Crippen LogP contribution in [0, 0.1) is 17.2 Å². The monoisotopic (exact) mass is 660 g/mol. The summed E-state index contributed by atoms with van der Waals surface area (Å²) >= 11 is 6.64. The van der Waals surface area contributed by atoms with Crippen LogP contribution >= 0.6 is 11.6 Å². The van der Waals surface area contributed by atoms with Crippen molar-refractivity contribution >= 4 is 34.3 Å². The van der Waals surface area contributed by atoms with Gasteiger partial charge in [0.25, 0.3) is 0 Å². The molecule has 47 heavy (non-hydrogen) atoms. The number of aromatic nitrogens is 2. The van der Waals surface area contributed by atoms with Crippen molar-refractivity contribution in [3.05, 3.63) is 87.7 Å². The fourth-order valence-corrected chi connectivity index (χ4v) is 6.34. The molecular formula is C39H47ClF2N4O. The zero-order valence-corrected chi connectivity index (χ0v) is 28.9. The Balaban J connectivity index is 1.60. The smallest absolute Gasteiger partial charge is 0.318 e. The summed E-state index contributed by atoms with van der Waals surface area (Å²) in [6.45, 7) is 8.64. The van der Waals surface area contributed by atoms with Crippen molar-refractivity contribution in [2.75, 3.05) is 18.1 Å². The van der Waals surface area contributed by atoms with Gasteiger partial charge in [-0.15, -0.1) is 0 Å². The van der Waals surface area contributed by atoms with Gasteiger partial charge in [-0.1, -0.05) is 86.5 Å². The SMILES string of the molecule is CCCN(/C=C(\C)CC#N)c1nc(OCC/C=C/C(CC)CC(F)(F)CC)nc2c1CC/C(=C\c1cccc3cccc(Cl)c13)CC2. The Bertz CT molecular complexity index is 1640. The van der Waals surface area contributed by atoms with Crippen LogP contribution in [0.5, 0.6) is 6.01 Å². The number of benzene rings is 2. The third-order valence-corrected chi connectivity index (χ3v) is 8.99. The van der Waals surface area contributed by atoms with Crippen LogP contribution in [0.2, 0.25) is 5.02 Å². The lowest BCUT2D eigenvalue weighted by Crippen LogP contribution is -2.22. The Hall–Kier alpha value is -3.76. The van der Waals surface area contributed by atoms with Gasteiger partial charge in [0.1, 0.15) is 5.82 Å². The zero-order valence-electron chi connectivity index (χ0n) is 28.2. The van der Waals surface area contributed by atoms with E-state index in [-0.39, 0.29) is 18.8 Å². The van der Waals surface area contributed by atoms with Crippen LogP contribution in [-0.4, -0.2) is 29.0 Å². The van der Waals surface area contributed by atoms with E-state index < -0.39 is 5.92 Å². The lowest BCUT2D eigenvalue weighted by molar-refractivity contribution is -0.0217. The number of aryl methyl sites for hydroxylation is 1. The maximum absolute atomic E-state index is 13.9. The average molecular weight is 661 g/mol. The van der Waals surface area contributed by atoms with Crippen molar-refractivity contribution in [1.29, 1.82) is 5.26 Å². The Morgan fingerprint density at radius 3 is 2.60 bits per heavy atom. The van der Waals surface area contributed by atoms with Gasteiger partial charge in [0.15, 0.2) is 0 Å². The van der Waals surface area contributed by atoms with Crippen LogP contribution in [0.4, 0.5) is 14.6 Å². The summed E-state index contributed by atoms with van der Waals surface area (Å²) in [5.41, 5.74) is 5.48. The zero-order chi connectivity index (χ0) is 33.8. The van der Waals surface area contributed by atoms with E-state index >= 15 is 0 Å². The van der Waals surface area contributed by atoms with Gasteiger partial charge in [0, 0.05) is 41.6 Å². The molecule has 1 aliphatic carbocycles. The summed E-state index contributed by atoms with van der Waals surface area (Å²) in [4.78, 5) is 12.0. The molecule has 1 aliphatic rings. The summed E-state index contributed by atoms with van der Waals surface area (Å²) < 4.78 is 34.0. The number of nitriles is 1. The molecular weight excluding hydrogens is 614 g/mol. The summed E-state index contributed by atoms with van der Waals surface area (Å²) in [6.07, 6.45) is 13.6. The highest BCUT2D eigenvalue weighted by molar-refractivity contribution is 6.36. The molecule has 250 valence electrons. The topological polar surface area (TPSA) is 62.0 Å². The van der Waals surface area contributed by atoms with E-state index in [1.807, 2.05) is 44.3 Å². The van der Waals surface area contributed by atoms with Crippen molar-refractivity contribution in [3.8, 4) is 12.1 Å². The molecule has 0 saturated carbocycles. The summed E-state index contributed by atoms with van der Waals surface area (Å²) in [6, 6.07) is 14.8. The largest absolute Gasteiger partial charge is 0.463 e. The minimum atomic E-state index is -2.64. The fourth-order valence-electron chi connectivity index (χ4n) is 6.05. The van der Waals surface area contributed by atoms with E-state index in [2.05, 4.69) is 48.2 Å². The molecule has 0 spiro atoms. The molecule has 0 N–H and O–H groups in total. The Labute approximate surface area is 284 Å². The summed E-state index contributed by atoms with van der Waals surface area (Å²) in [7, 11) is 0. The normalized spacial score (nSPS) is 15.4. The quantitative estimate of drug-likeness (QED) is 0.0922. The highest BCUT2D eigenvalue weighted by Crippen LogP contribution is 2.35. The molecule has 0 amide bonds. The lowest BCUT2D eigenvalue weighted by Gasteiger charge is -2.24. The lowest BCUT2D eigenvalue weighted by atomic mass is 9.96. The molecule has 3 aromatic rings. The van der Waals surface area contributed by atoms with Crippen LogP contribution in [-0.2, 0) is 12.8 Å². The summed E-state index contributed by atoms with van der Waals surface area (Å²) in [5.74, 6) is -1.99. The van der Waals surface area contributed by atoms with Gasteiger partial charge in [0.05, 0.1) is 24.8 Å². The molecule has 0 fully saturated rings. The van der Waals surface area contributed by atoms with Gasteiger partial charge >= 0.3 is 6.01 Å². The number of alkyl halides is 2. The van der Waals surface area contributed by atoms with E-state index in [9.17, 15) is 14.0 Å². The molecule has 0 saturated heterocycles. The first-order valence-corrected chi connectivity index (χ1v) is 17.3. The molecule has 1 atom stereocenters. The average Bonchev–Trinajstić information content (AvgIpc) is 3.26. The van der Waals surface area contributed by atoms with Crippen LogP contribution in [0.3, 0.4) is 0 Å². The van der Waals surface area contributed by atoms with E-state index in [1.54, 1.807) is 0 Å². The predicted molar refractivity (Wildman–Crippen MR) is 190 cm³/mol. The minimum Gasteiger partial charge on any atom is -0.463 e. The second-order valence-electron chi connectivity index (χ2n) is 12.4. The molecule has 0 aliphatic heterocycles. The second-order valence-corrected chi connectivity index (χ2v) is 12.8. The van der Waals surface area contributed by atoms with Gasteiger partial charge in [-0.05, 0) is 80.4 Å². The van der Waals surface area contributed by atoms with Crippen molar-refractivity contribution < 1.29 is 13.5 Å². The van der Waals surface area contributed by atoms with Crippen molar-refractivity contribution in [1.82, 2.24) is 9.97 Å². The number of ether oxygens (including phenoxy) is 1. The Morgan fingerprint density at radius 1 is 1.11 bits per heavy atom. The third kappa shape index (κ3) is 10.1. The minimum absolute atomic E-state index is 0.134. The first-order chi connectivity index (χ1) is 22.7. The number of anilines is 1. The highest BCUT2D eigenvalue weighted by atomic mass is 35.5.